The molecule has 0 unspecified atom stereocenters. The lowest BCUT2D eigenvalue weighted by Crippen LogP contribution is -2.02. The van der Waals surface area contributed by atoms with Crippen molar-refractivity contribution < 1.29 is 4.42 Å². The van der Waals surface area contributed by atoms with Gasteiger partial charge in [0.2, 0.25) is 5.43 Å². The third-order valence-electron chi connectivity index (χ3n) is 3.77. The largest absolute Gasteiger partial charge is 0.435 e. The Labute approximate surface area is 125 Å². The van der Waals surface area contributed by atoms with E-state index in [0.717, 1.165) is 18.4 Å². The van der Waals surface area contributed by atoms with Gasteiger partial charge in [-0.05, 0) is 36.1 Å². The summed E-state index contributed by atoms with van der Waals surface area (Å²) in [6.07, 6.45) is 1.84. The maximum absolute atomic E-state index is 12.3. The highest BCUT2D eigenvalue weighted by Crippen LogP contribution is 2.18. The van der Waals surface area contributed by atoms with Crippen molar-refractivity contribution in [2.24, 2.45) is 0 Å². The number of hydrogen-bond donors (Lipinski definition) is 1. The highest BCUT2D eigenvalue weighted by atomic mass is 16.3. The summed E-state index contributed by atoms with van der Waals surface area (Å²) in [5.74, 6) is 0. The van der Waals surface area contributed by atoms with E-state index >= 15 is 0 Å². The molecule has 2 heterocycles. The second kappa shape index (κ2) is 5.11. The fourth-order valence-electron chi connectivity index (χ4n) is 2.60. The number of aryl methyl sites for hydroxylation is 2. The fraction of sp³-hybridized carbons (Fsp3) is 0.118. The summed E-state index contributed by atoms with van der Waals surface area (Å²) in [4.78, 5) is 12.3. The maximum Gasteiger partial charge on any atom is 0.270 e. The summed E-state index contributed by atoms with van der Waals surface area (Å²) in [5.41, 5.74) is 3.30. The fourth-order valence-corrected chi connectivity index (χ4v) is 2.60. The van der Waals surface area contributed by atoms with Crippen molar-refractivity contribution in [1.82, 2.24) is 15.4 Å². The summed E-state index contributed by atoms with van der Waals surface area (Å²) in [6.45, 7) is 0. The van der Waals surface area contributed by atoms with Gasteiger partial charge in [0.25, 0.3) is 5.71 Å². The van der Waals surface area contributed by atoms with E-state index in [9.17, 15) is 4.79 Å². The first kappa shape index (κ1) is 12.8. The number of H-pyrrole nitrogens is 1. The number of nitrogens with one attached hydrogen (secondary N) is 1. The van der Waals surface area contributed by atoms with E-state index in [4.69, 9.17) is 4.42 Å². The maximum atomic E-state index is 12.3. The molecule has 0 aliphatic heterocycles. The molecule has 1 N–H and O–H groups in total. The third-order valence-corrected chi connectivity index (χ3v) is 3.77. The Morgan fingerprint density at radius 1 is 0.955 bits per heavy atom. The monoisotopic (exact) mass is 291 g/mol. The van der Waals surface area contributed by atoms with Crippen LogP contribution in [0.25, 0.3) is 22.2 Å². The number of fused-ring (bicyclic) bond motifs is 2. The second-order valence-corrected chi connectivity index (χ2v) is 5.22. The van der Waals surface area contributed by atoms with Crippen LogP contribution in [0.4, 0.5) is 0 Å². The Morgan fingerprint density at radius 3 is 2.64 bits per heavy atom. The van der Waals surface area contributed by atoms with E-state index in [1.807, 2.05) is 30.3 Å². The van der Waals surface area contributed by atoms with E-state index in [1.54, 1.807) is 6.07 Å². The molecule has 108 valence electrons. The smallest absolute Gasteiger partial charge is 0.270 e. The van der Waals surface area contributed by atoms with Gasteiger partial charge in [-0.25, -0.2) is 0 Å². The number of hydrogen-bond acceptors (Lipinski definition) is 4. The number of aromatic nitrogens is 3. The second-order valence-electron chi connectivity index (χ2n) is 5.22. The molecule has 2 aromatic heterocycles. The number of aromatic amines is 1. The van der Waals surface area contributed by atoms with Gasteiger partial charge in [0, 0.05) is 0 Å². The number of rotatable bonds is 3. The van der Waals surface area contributed by atoms with E-state index in [0.29, 0.717) is 11.0 Å². The van der Waals surface area contributed by atoms with Crippen molar-refractivity contribution in [3.8, 4) is 0 Å². The van der Waals surface area contributed by atoms with Gasteiger partial charge in [0.1, 0.15) is 5.58 Å². The normalized spacial score (nSPS) is 11.3. The average molecular weight is 291 g/mol. The van der Waals surface area contributed by atoms with Gasteiger partial charge < -0.3 is 4.42 Å². The minimum absolute atomic E-state index is 0.153. The standard InChI is InChI=1S/C17H13N3O2/c21-16-13-9-8-12(7-6-11-4-2-1-3-5-11)10-14(13)22-17-15(16)18-20-19-17/h1-5,8-10H,6-7H2,(H,18,19,20). The molecule has 5 nitrogen and oxygen atoms in total. The van der Waals surface area contributed by atoms with Crippen LogP contribution in [0.5, 0.6) is 0 Å². The van der Waals surface area contributed by atoms with Gasteiger partial charge in [0.05, 0.1) is 5.39 Å². The number of nitrogens with zero attached hydrogens (tertiary/aromatic N) is 2. The Morgan fingerprint density at radius 2 is 1.77 bits per heavy atom. The van der Waals surface area contributed by atoms with Crippen LogP contribution in [-0.4, -0.2) is 15.4 Å². The quantitative estimate of drug-likeness (QED) is 0.630. The van der Waals surface area contributed by atoms with Crippen molar-refractivity contribution in [3.63, 3.8) is 0 Å². The summed E-state index contributed by atoms with van der Waals surface area (Å²) >= 11 is 0. The van der Waals surface area contributed by atoms with Crippen molar-refractivity contribution in [2.75, 3.05) is 0 Å². The lowest BCUT2D eigenvalue weighted by Gasteiger charge is -2.03. The molecule has 0 aliphatic rings. The molecule has 22 heavy (non-hydrogen) atoms. The van der Waals surface area contributed by atoms with Gasteiger partial charge in [-0.1, -0.05) is 36.4 Å². The van der Waals surface area contributed by atoms with Gasteiger partial charge in [-0.3, -0.25) is 4.79 Å². The zero-order valence-electron chi connectivity index (χ0n) is 11.7. The van der Waals surface area contributed by atoms with E-state index in [2.05, 4.69) is 27.5 Å². The average Bonchev–Trinajstić information content (AvgIpc) is 3.02. The van der Waals surface area contributed by atoms with Crippen LogP contribution in [0, 0.1) is 0 Å². The molecular weight excluding hydrogens is 278 g/mol. The highest BCUT2D eigenvalue weighted by Gasteiger charge is 2.11. The minimum atomic E-state index is -0.153. The SMILES string of the molecule is O=c1c2ccc(CCc3ccccc3)cc2oc2n[nH]nc12. The predicted octanol–water partition coefficient (Wildman–Crippen LogP) is 2.85. The highest BCUT2D eigenvalue weighted by molar-refractivity contribution is 5.86. The summed E-state index contributed by atoms with van der Waals surface area (Å²) in [5, 5.41) is 10.6. The van der Waals surface area contributed by atoms with Crippen LogP contribution in [-0.2, 0) is 12.8 Å². The summed E-state index contributed by atoms with van der Waals surface area (Å²) in [6, 6.07) is 16.0. The molecule has 0 spiro atoms. The zero-order valence-corrected chi connectivity index (χ0v) is 11.7. The Balaban J connectivity index is 1.71. The minimum Gasteiger partial charge on any atom is -0.435 e. The first-order chi connectivity index (χ1) is 10.8. The molecule has 2 aromatic carbocycles. The molecule has 0 aliphatic carbocycles. The van der Waals surface area contributed by atoms with Crippen molar-refractivity contribution >= 4 is 22.2 Å². The first-order valence-corrected chi connectivity index (χ1v) is 7.11. The van der Waals surface area contributed by atoms with Crippen LogP contribution in [0.2, 0.25) is 0 Å². The molecule has 0 amide bonds. The van der Waals surface area contributed by atoms with Gasteiger partial charge >= 0.3 is 0 Å². The molecule has 4 aromatic rings. The van der Waals surface area contributed by atoms with Gasteiger partial charge in [-0.2, -0.15) is 5.21 Å². The molecule has 0 bridgehead atoms. The Hall–Kier alpha value is -2.95. The van der Waals surface area contributed by atoms with Crippen LogP contribution < -0.4 is 5.43 Å². The lowest BCUT2D eigenvalue weighted by atomic mass is 10.0. The molecule has 4 rings (SSSR count). The van der Waals surface area contributed by atoms with Crippen molar-refractivity contribution in [2.45, 2.75) is 12.8 Å². The molecule has 0 radical (unpaired) electrons. The van der Waals surface area contributed by atoms with Crippen LogP contribution >= 0.6 is 0 Å². The molecule has 0 saturated carbocycles. The molecule has 5 heteroatoms. The Kier molecular flexibility index (Phi) is 2.96. The van der Waals surface area contributed by atoms with Gasteiger partial charge in [0.15, 0.2) is 5.52 Å². The van der Waals surface area contributed by atoms with Crippen molar-refractivity contribution in [3.05, 3.63) is 69.9 Å². The van der Waals surface area contributed by atoms with Gasteiger partial charge in [-0.15, -0.1) is 10.2 Å². The van der Waals surface area contributed by atoms with Crippen molar-refractivity contribution in [1.29, 1.82) is 0 Å². The Bertz CT molecular complexity index is 1000. The molecule has 0 atom stereocenters. The van der Waals surface area contributed by atoms with E-state index in [1.165, 1.54) is 5.56 Å². The molecule has 0 saturated heterocycles. The lowest BCUT2D eigenvalue weighted by molar-refractivity contribution is 0.640. The van der Waals surface area contributed by atoms with E-state index in [-0.39, 0.29) is 16.7 Å². The topological polar surface area (TPSA) is 71.8 Å². The predicted molar refractivity (Wildman–Crippen MR) is 83.8 cm³/mol. The zero-order chi connectivity index (χ0) is 14.9. The molecule has 0 fully saturated rings. The first-order valence-electron chi connectivity index (χ1n) is 7.11. The summed E-state index contributed by atoms with van der Waals surface area (Å²) < 4.78 is 5.65. The van der Waals surface area contributed by atoms with E-state index < -0.39 is 0 Å². The molecular formula is C17H13N3O2. The van der Waals surface area contributed by atoms with Crippen LogP contribution in [0.3, 0.4) is 0 Å². The van der Waals surface area contributed by atoms with Crippen LogP contribution in [0.1, 0.15) is 11.1 Å². The van der Waals surface area contributed by atoms with Crippen LogP contribution in [0.15, 0.2) is 57.7 Å². The summed E-state index contributed by atoms with van der Waals surface area (Å²) in [7, 11) is 0. The third kappa shape index (κ3) is 2.16. The number of benzene rings is 2.